The van der Waals surface area contributed by atoms with Crippen LogP contribution in [0.4, 0.5) is 13.2 Å². The Morgan fingerprint density at radius 3 is 2.31 bits per heavy atom. The predicted molar refractivity (Wildman–Crippen MR) is 107 cm³/mol. The molecule has 1 saturated heterocycles. The Morgan fingerprint density at radius 2 is 1.73 bits per heavy atom. The zero-order valence-electron chi connectivity index (χ0n) is 14.6. The second-order valence-electron chi connectivity index (χ2n) is 6.08. The van der Waals surface area contributed by atoms with Gasteiger partial charge in [-0.05, 0) is 43.6 Å². The van der Waals surface area contributed by atoms with E-state index in [9.17, 15) is 13.2 Å². The third kappa shape index (κ3) is 9.46. The maximum Gasteiger partial charge on any atom is 0.573 e. The summed E-state index contributed by atoms with van der Waals surface area (Å²) in [6, 6.07) is 5.60. The summed E-state index contributed by atoms with van der Waals surface area (Å²) in [5.41, 5.74) is 6.58. The van der Waals surface area contributed by atoms with Crippen molar-refractivity contribution in [3.63, 3.8) is 0 Å². The van der Waals surface area contributed by atoms with Crippen molar-refractivity contribution >= 4 is 29.9 Å². The summed E-state index contributed by atoms with van der Waals surface area (Å²) in [5, 5.41) is 3.08. The van der Waals surface area contributed by atoms with Gasteiger partial charge in [-0.2, -0.15) is 0 Å². The van der Waals surface area contributed by atoms with E-state index >= 15 is 0 Å². The number of aliphatic imine (C=N–C) groups is 1. The minimum Gasteiger partial charge on any atom is -0.406 e. The molecule has 0 aromatic heterocycles. The highest BCUT2D eigenvalue weighted by Crippen LogP contribution is 2.22. The van der Waals surface area contributed by atoms with Crippen LogP contribution in [0.2, 0.25) is 0 Å². The topological polar surface area (TPSA) is 62.9 Å². The Hall–Kier alpha value is -1.23. The lowest BCUT2D eigenvalue weighted by Gasteiger charge is -2.19. The second-order valence-corrected chi connectivity index (χ2v) is 6.08. The van der Waals surface area contributed by atoms with Gasteiger partial charge in [-0.3, -0.25) is 0 Å². The van der Waals surface area contributed by atoms with Gasteiger partial charge in [0.25, 0.3) is 0 Å². The van der Waals surface area contributed by atoms with Gasteiger partial charge in [-0.15, -0.1) is 37.1 Å². The minimum absolute atomic E-state index is 0. The lowest BCUT2D eigenvalue weighted by molar-refractivity contribution is -0.274. The third-order valence-corrected chi connectivity index (χ3v) is 4.02. The molecule has 1 aromatic carbocycles. The number of likely N-dealkylation sites (tertiary alicyclic amines) is 1. The molecule has 0 bridgehead atoms. The average molecular weight is 486 g/mol. The Balaban J connectivity index is 0.00000338. The molecule has 9 heteroatoms. The minimum atomic E-state index is -4.68. The van der Waals surface area contributed by atoms with E-state index in [1.54, 1.807) is 0 Å². The Labute approximate surface area is 169 Å². The van der Waals surface area contributed by atoms with E-state index in [1.807, 2.05) is 0 Å². The molecule has 1 heterocycles. The summed E-state index contributed by atoms with van der Waals surface area (Å²) in [6.45, 7) is 4.22. The van der Waals surface area contributed by atoms with Gasteiger partial charge in [0.1, 0.15) is 5.75 Å². The molecule has 5 nitrogen and oxygen atoms in total. The van der Waals surface area contributed by atoms with Crippen LogP contribution in [-0.4, -0.2) is 43.4 Å². The molecule has 26 heavy (non-hydrogen) atoms. The van der Waals surface area contributed by atoms with Crippen molar-refractivity contribution in [2.45, 2.75) is 38.6 Å². The van der Waals surface area contributed by atoms with E-state index in [2.05, 4.69) is 19.9 Å². The molecule has 1 aliphatic heterocycles. The van der Waals surface area contributed by atoms with Crippen LogP contribution in [0.5, 0.6) is 5.75 Å². The number of hydrogen-bond donors (Lipinski definition) is 2. The van der Waals surface area contributed by atoms with Crippen molar-refractivity contribution in [3.05, 3.63) is 29.8 Å². The predicted octanol–water partition coefficient (Wildman–Crippen LogP) is 3.48. The van der Waals surface area contributed by atoms with Crippen molar-refractivity contribution < 1.29 is 17.9 Å². The number of nitrogens with zero attached hydrogens (tertiary/aromatic N) is 2. The Morgan fingerprint density at radius 1 is 1.12 bits per heavy atom. The van der Waals surface area contributed by atoms with E-state index in [4.69, 9.17) is 5.73 Å². The number of ether oxygens (including phenoxy) is 1. The highest BCUT2D eigenvalue weighted by atomic mass is 127. The first-order valence-electron chi connectivity index (χ1n) is 8.53. The number of rotatable bonds is 6. The summed E-state index contributed by atoms with van der Waals surface area (Å²) in [7, 11) is 0. The molecule has 0 atom stereocenters. The van der Waals surface area contributed by atoms with Gasteiger partial charge in [-0.25, -0.2) is 4.99 Å². The number of alkyl halides is 3. The monoisotopic (exact) mass is 486 g/mol. The molecule has 3 N–H and O–H groups in total. The molecule has 1 aromatic rings. The fourth-order valence-electron chi connectivity index (χ4n) is 2.73. The number of guanidine groups is 1. The van der Waals surface area contributed by atoms with E-state index in [0.717, 1.165) is 31.7 Å². The lowest BCUT2D eigenvalue weighted by atomic mass is 10.2. The number of hydrogen-bond acceptors (Lipinski definition) is 3. The van der Waals surface area contributed by atoms with Gasteiger partial charge in [0.15, 0.2) is 5.96 Å². The number of benzene rings is 1. The van der Waals surface area contributed by atoms with Gasteiger partial charge in [-0.1, -0.05) is 25.0 Å². The van der Waals surface area contributed by atoms with Crippen molar-refractivity contribution in [1.29, 1.82) is 0 Å². The Bertz CT molecular complexity index is 544. The maximum atomic E-state index is 12.1. The molecule has 0 aliphatic carbocycles. The molecule has 1 fully saturated rings. The molecular weight excluding hydrogens is 460 g/mol. The number of nitrogens with one attached hydrogen (secondary N) is 1. The molecule has 0 unspecified atom stereocenters. The average Bonchev–Trinajstić information content (AvgIpc) is 2.82. The van der Waals surface area contributed by atoms with Crippen molar-refractivity contribution in [2.24, 2.45) is 10.7 Å². The zero-order valence-corrected chi connectivity index (χ0v) is 16.9. The van der Waals surface area contributed by atoms with Crippen molar-refractivity contribution in [2.75, 3.05) is 26.2 Å². The van der Waals surface area contributed by atoms with Gasteiger partial charge < -0.3 is 20.7 Å². The molecule has 0 saturated carbocycles. The van der Waals surface area contributed by atoms with E-state index in [1.165, 1.54) is 49.9 Å². The second kappa shape index (κ2) is 11.5. The third-order valence-electron chi connectivity index (χ3n) is 4.02. The summed E-state index contributed by atoms with van der Waals surface area (Å²) in [6.07, 6.45) is 0.428. The Kier molecular flexibility index (Phi) is 10.1. The summed E-state index contributed by atoms with van der Waals surface area (Å²) < 4.78 is 40.1. The fourth-order valence-corrected chi connectivity index (χ4v) is 2.73. The first-order valence-corrected chi connectivity index (χ1v) is 8.53. The zero-order chi connectivity index (χ0) is 18.1. The van der Waals surface area contributed by atoms with Gasteiger partial charge in [0.2, 0.25) is 0 Å². The van der Waals surface area contributed by atoms with Crippen LogP contribution < -0.4 is 15.8 Å². The van der Waals surface area contributed by atoms with Crippen LogP contribution in [0.1, 0.15) is 31.2 Å². The van der Waals surface area contributed by atoms with Crippen LogP contribution in [0.25, 0.3) is 0 Å². The van der Waals surface area contributed by atoms with E-state index in [-0.39, 0.29) is 29.7 Å². The number of nitrogens with two attached hydrogens (primary N) is 1. The summed E-state index contributed by atoms with van der Waals surface area (Å²) in [4.78, 5) is 6.62. The van der Waals surface area contributed by atoms with Crippen molar-refractivity contribution in [1.82, 2.24) is 10.2 Å². The molecule has 0 amide bonds. The first kappa shape index (κ1) is 22.8. The first-order chi connectivity index (χ1) is 11.9. The quantitative estimate of drug-likeness (QED) is 0.367. The van der Waals surface area contributed by atoms with Crippen LogP contribution in [0.15, 0.2) is 29.3 Å². The largest absolute Gasteiger partial charge is 0.573 e. The highest BCUT2D eigenvalue weighted by molar-refractivity contribution is 14.0. The SMILES string of the molecule is I.NC(=NCc1ccc(OC(F)(F)F)cc1)NCCN1CCCCCC1. The van der Waals surface area contributed by atoms with Gasteiger partial charge in [0, 0.05) is 13.1 Å². The van der Waals surface area contributed by atoms with Gasteiger partial charge >= 0.3 is 6.36 Å². The molecule has 1 aliphatic rings. The van der Waals surface area contributed by atoms with Crippen LogP contribution in [0, 0.1) is 0 Å². The van der Waals surface area contributed by atoms with E-state index in [0.29, 0.717) is 12.5 Å². The molecule has 148 valence electrons. The molecule has 0 radical (unpaired) electrons. The molecular formula is C17H26F3IN4O. The smallest absolute Gasteiger partial charge is 0.406 e. The standard InChI is InChI=1S/C17H25F3N4O.HI/c18-17(19,20)25-15-7-5-14(6-8-15)13-23-16(21)22-9-12-24-10-3-1-2-4-11-24;/h5-8H,1-4,9-13H2,(H3,21,22,23);1H. The van der Waals surface area contributed by atoms with Crippen LogP contribution in [-0.2, 0) is 6.54 Å². The molecule has 2 rings (SSSR count). The number of halogens is 4. The molecule has 0 spiro atoms. The normalized spacial score (nSPS) is 16.5. The van der Waals surface area contributed by atoms with Crippen LogP contribution >= 0.6 is 24.0 Å². The fraction of sp³-hybridized carbons (Fsp3) is 0.588. The maximum absolute atomic E-state index is 12.1. The highest BCUT2D eigenvalue weighted by Gasteiger charge is 2.30. The van der Waals surface area contributed by atoms with Crippen LogP contribution in [0.3, 0.4) is 0 Å². The lowest BCUT2D eigenvalue weighted by Crippen LogP contribution is -2.38. The summed E-state index contributed by atoms with van der Waals surface area (Å²) in [5.74, 6) is 0.0919. The van der Waals surface area contributed by atoms with Crippen molar-refractivity contribution in [3.8, 4) is 5.75 Å². The summed E-state index contributed by atoms with van der Waals surface area (Å²) >= 11 is 0. The van der Waals surface area contributed by atoms with E-state index < -0.39 is 6.36 Å². The van der Waals surface area contributed by atoms with Gasteiger partial charge in [0.05, 0.1) is 6.54 Å².